The van der Waals surface area contributed by atoms with Crippen molar-refractivity contribution in [3.63, 3.8) is 0 Å². The Morgan fingerprint density at radius 3 is 0.837 bits per heavy atom. The zero-order valence-electron chi connectivity index (χ0n) is 26.5. The molecular formula is C36H44NO4P2. The van der Waals surface area contributed by atoms with Crippen LogP contribution in [0.1, 0.15) is 55.4 Å². The summed E-state index contributed by atoms with van der Waals surface area (Å²) in [6.07, 6.45) is 0.299. The van der Waals surface area contributed by atoms with E-state index in [0.717, 1.165) is 44.2 Å². The minimum Gasteiger partial charge on any atom is -0.491 e. The summed E-state index contributed by atoms with van der Waals surface area (Å²) < 4.78 is 24.5. The van der Waals surface area contributed by atoms with Crippen molar-refractivity contribution < 1.29 is 18.9 Å². The minimum atomic E-state index is -1.16. The summed E-state index contributed by atoms with van der Waals surface area (Å²) in [6, 6.07) is 33.4. The van der Waals surface area contributed by atoms with Crippen LogP contribution in [0.15, 0.2) is 97.1 Å². The molecule has 4 aromatic carbocycles. The predicted molar refractivity (Wildman–Crippen MR) is 183 cm³/mol. The topological polar surface area (TPSA) is 51.0 Å². The average Bonchev–Trinajstić information content (AvgIpc) is 2.93. The summed E-state index contributed by atoms with van der Waals surface area (Å²) in [6.45, 7) is 16.4. The summed E-state index contributed by atoms with van der Waals surface area (Å²) in [5.74, 6) is 3.37. The molecule has 0 aliphatic heterocycles. The quantitative estimate of drug-likeness (QED) is 0.136. The Morgan fingerprint density at radius 1 is 0.395 bits per heavy atom. The lowest BCUT2D eigenvalue weighted by Crippen LogP contribution is -2.24. The Morgan fingerprint density at radius 2 is 0.628 bits per heavy atom. The fourth-order valence-corrected chi connectivity index (χ4v) is 9.31. The highest BCUT2D eigenvalue weighted by molar-refractivity contribution is 7.85. The molecule has 0 atom stereocenters. The van der Waals surface area contributed by atoms with E-state index in [-0.39, 0.29) is 24.4 Å². The number of benzene rings is 4. The van der Waals surface area contributed by atoms with Gasteiger partial charge in [0.15, 0.2) is 0 Å². The van der Waals surface area contributed by atoms with Crippen LogP contribution in [0, 0.1) is 0 Å². The van der Waals surface area contributed by atoms with Gasteiger partial charge in [0.05, 0.1) is 24.4 Å². The van der Waals surface area contributed by atoms with Crippen LogP contribution < -0.4 is 45.0 Å². The highest BCUT2D eigenvalue weighted by atomic mass is 31.2. The third kappa shape index (κ3) is 9.97. The van der Waals surface area contributed by atoms with Crippen LogP contribution in [-0.4, -0.2) is 24.4 Å². The van der Waals surface area contributed by atoms with E-state index in [1.165, 1.54) is 0 Å². The lowest BCUT2D eigenvalue weighted by molar-refractivity contribution is 0.242. The molecule has 0 saturated heterocycles. The Hall–Kier alpha value is -3.10. The van der Waals surface area contributed by atoms with Crippen molar-refractivity contribution in [1.82, 2.24) is 4.86 Å². The van der Waals surface area contributed by atoms with Crippen molar-refractivity contribution in [2.45, 2.75) is 79.8 Å². The van der Waals surface area contributed by atoms with Gasteiger partial charge in [-0.1, -0.05) is 48.5 Å². The molecule has 5 nitrogen and oxygen atoms in total. The van der Waals surface area contributed by atoms with Crippen LogP contribution in [0.25, 0.3) is 0 Å². The average molecular weight is 617 g/mol. The molecule has 0 amide bonds. The van der Waals surface area contributed by atoms with Crippen LogP contribution >= 0.6 is 16.1 Å². The first-order chi connectivity index (χ1) is 20.6. The van der Waals surface area contributed by atoms with Gasteiger partial charge in [-0.3, -0.25) is 0 Å². The second-order valence-electron chi connectivity index (χ2n) is 11.4. The standard InChI is InChI=1S/C36H44NO4P2/c1-25(2)38-29-13-9-17-33(21-29)42(34-18-10-14-30(22-34)39-26(3)4)37-43(35-19-11-15-31(23-35)40-27(5)6)36-20-12-16-32(24-36)41-28(7)8/h9-28H,1-8H3. The first-order valence-corrected chi connectivity index (χ1v) is 17.5. The maximum atomic E-state index is 6.11. The van der Waals surface area contributed by atoms with Gasteiger partial charge in [-0.05, 0) is 104 Å². The molecule has 0 N–H and O–H groups in total. The number of ether oxygens (including phenoxy) is 4. The van der Waals surface area contributed by atoms with E-state index in [1.54, 1.807) is 0 Å². The Bertz CT molecular complexity index is 1240. The van der Waals surface area contributed by atoms with E-state index in [2.05, 4.69) is 72.8 Å². The molecule has 43 heavy (non-hydrogen) atoms. The highest BCUT2D eigenvalue weighted by Crippen LogP contribution is 2.46. The van der Waals surface area contributed by atoms with Crippen molar-refractivity contribution in [2.75, 3.05) is 0 Å². The first-order valence-electron chi connectivity index (χ1n) is 15.0. The highest BCUT2D eigenvalue weighted by Gasteiger charge is 2.26. The molecule has 0 aliphatic rings. The third-order valence-corrected chi connectivity index (χ3v) is 10.4. The predicted octanol–water partition coefficient (Wildman–Crippen LogP) is 7.84. The maximum absolute atomic E-state index is 6.11. The Balaban J connectivity index is 1.85. The van der Waals surface area contributed by atoms with Crippen LogP contribution in [0.5, 0.6) is 23.0 Å². The summed E-state index contributed by atoms with van der Waals surface area (Å²) in [5, 5.41) is 4.47. The number of hydrogen-bond donors (Lipinski definition) is 0. The molecule has 0 fully saturated rings. The van der Waals surface area contributed by atoms with Gasteiger partial charge in [0.2, 0.25) is 0 Å². The van der Waals surface area contributed by atoms with Gasteiger partial charge in [0.1, 0.15) is 23.0 Å². The van der Waals surface area contributed by atoms with Gasteiger partial charge in [-0.25, -0.2) is 0 Å². The van der Waals surface area contributed by atoms with Gasteiger partial charge in [-0.15, -0.1) is 0 Å². The molecule has 0 bridgehead atoms. The fraction of sp³-hybridized carbons (Fsp3) is 0.333. The normalized spacial score (nSPS) is 11.7. The van der Waals surface area contributed by atoms with Crippen LogP contribution in [0.2, 0.25) is 0 Å². The molecule has 0 unspecified atom stereocenters. The number of nitrogens with zero attached hydrogens (tertiary/aromatic N) is 1. The zero-order chi connectivity index (χ0) is 30.9. The van der Waals surface area contributed by atoms with Gasteiger partial charge in [0, 0.05) is 37.4 Å². The SMILES string of the molecule is CC(C)Oc1cccc(P([N]P(c2cccc(OC(C)C)c2)c2cccc(OC(C)C)c2)c2cccc(OC(C)C)c2)c1. The monoisotopic (exact) mass is 616 g/mol. The molecule has 0 aliphatic carbocycles. The van der Waals surface area contributed by atoms with Crippen LogP contribution in [-0.2, 0) is 0 Å². The van der Waals surface area contributed by atoms with E-state index in [9.17, 15) is 0 Å². The van der Waals surface area contributed by atoms with Gasteiger partial charge >= 0.3 is 0 Å². The van der Waals surface area contributed by atoms with Gasteiger partial charge < -0.3 is 18.9 Å². The van der Waals surface area contributed by atoms with Crippen LogP contribution in [0.4, 0.5) is 0 Å². The smallest absolute Gasteiger partial charge is 0.120 e. The second kappa shape index (κ2) is 15.6. The lowest BCUT2D eigenvalue weighted by atomic mass is 10.3. The van der Waals surface area contributed by atoms with E-state index in [1.807, 2.05) is 79.7 Å². The molecule has 227 valence electrons. The Kier molecular flexibility index (Phi) is 11.9. The molecule has 7 heteroatoms. The molecule has 0 spiro atoms. The molecule has 0 saturated carbocycles. The zero-order valence-corrected chi connectivity index (χ0v) is 28.3. The van der Waals surface area contributed by atoms with Crippen LogP contribution in [0.3, 0.4) is 0 Å². The Labute approximate surface area is 260 Å². The van der Waals surface area contributed by atoms with Crippen molar-refractivity contribution >= 4 is 37.4 Å². The van der Waals surface area contributed by atoms with E-state index in [0.29, 0.717) is 0 Å². The van der Waals surface area contributed by atoms with E-state index in [4.69, 9.17) is 23.8 Å². The van der Waals surface area contributed by atoms with Crippen molar-refractivity contribution in [3.05, 3.63) is 97.1 Å². The largest absolute Gasteiger partial charge is 0.491 e. The fourth-order valence-electron chi connectivity index (χ4n) is 4.44. The van der Waals surface area contributed by atoms with E-state index < -0.39 is 16.1 Å². The summed E-state index contributed by atoms with van der Waals surface area (Å²) >= 11 is 0. The third-order valence-electron chi connectivity index (χ3n) is 5.91. The molecule has 0 aromatic heterocycles. The summed E-state index contributed by atoms with van der Waals surface area (Å²) in [5.41, 5.74) is 0. The van der Waals surface area contributed by atoms with Crippen molar-refractivity contribution in [3.8, 4) is 23.0 Å². The molecule has 1 radical (unpaired) electrons. The molecule has 4 rings (SSSR count). The maximum Gasteiger partial charge on any atom is 0.120 e. The van der Waals surface area contributed by atoms with E-state index >= 15 is 0 Å². The van der Waals surface area contributed by atoms with Crippen molar-refractivity contribution in [2.24, 2.45) is 0 Å². The lowest BCUT2D eigenvalue weighted by Gasteiger charge is -2.27. The molecular weight excluding hydrogens is 572 g/mol. The molecule has 0 heterocycles. The first kappa shape index (κ1) is 32.8. The number of hydrogen-bond acceptors (Lipinski definition) is 4. The summed E-state index contributed by atoms with van der Waals surface area (Å²) in [4.78, 5) is 5.75. The minimum absolute atomic E-state index is 0.0747. The van der Waals surface area contributed by atoms with Gasteiger partial charge in [0.25, 0.3) is 0 Å². The van der Waals surface area contributed by atoms with Crippen molar-refractivity contribution in [1.29, 1.82) is 0 Å². The summed E-state index contributed by atoms with van der Waals surface area (Å²) in [7, 11) is -2.32. The molecule has 4 aromatic rings. The second-order valence-corrected chi connectivity index (χ2v) is 15.4. The number of rotatable bonds is 14. The van der Waals surface area contributed by atoms with Gasteiger partial charge in [-0.2, -0.15) is 4.86 Å².